The number of halogens is 1. The molecule has 1 aromatic heterocycles. The van der Waals surface area contributed by atoms with Gasteiger partial charge in [0.1, 0.15) is 0 Å². The van der Waals surface area contributed by atoms with Crippen molar-refractivity contribution in [2.75, 3.05) is 32.2 Å². The highest BCUT2D eigenvalue weighted by Gasteiger charge is 2.19. The Kier molecular flexibility index (Phi) is 5.84. The molecule has 0 radical (unpaired) electrons. The van der Waals surface area contributed by atoms with Crippen LogP contribution >= 0.6 is 22.9 Å². The SMILES string of the molecule is COC(=O)c1sc(N(C)CCOC(C)C)nc1Cl. The summed E-state index contributed by atoms with van der Waals surface area (Å²) in [5.41, 5.74) is 0. The van der Waals surface area contributed by atoms with Crippen LogP contribution in [0.15, 0.2) is 0 Å². The Morgan fingerprint density at radius 2 is 2.22 bits per heavy atom. The molecule has 1 heterocycles. The smallest absolute Gasteiger partial charge is 0.351 e. The number of methoxy groups -OCH3 is 1. The second-order valence-corrected chi connectivity index (χ2v) is 5.28. The maximum atomic E-state index is 11.4. The van der Waals surface area contributed by atoms with Gasteiger partial charge < -0.3 is 14.4 Å². The molecule has 0 aliphatic rings. The van der Waals surface area contributed by atoms with E-state index in [1.54, 1.807) is 0 Å². The average Bonchev–Trinajstić information content (AvgIpc) is 2.70. The van der Waals surface area contributed by atoms with Crippen LogP contribution in [0.1, 0.15) is 23.5 Å². The van der Waals surface area contributed by atoms with Crippen LogP contribution in [0.2, 0.25) is 5.15 Å². The molecule has 7 heteroatoms. The molecular formula is C11H17ClN2O3S. The molecule has 0 amide bonds. The highest BCUT2D eigenvalue weighted by atomic mass is 35.5. The van der Waals surface area contributed by atoms with Gasteiger partial charge in [-0.2, -0.15) is 0 Å². The van der Waals surface area contributed by atoms with Crippen LogP contribution in [0.4, 0.5) is 5.13 Å². The van der Waals surface area contributed by atoms with Crippen LogP contribution in [-0.2, 0) is 9.47 Å². The number of carbonyl (C=O) groups is 1. The van der Waals surface area contributed by atoms with E-state index in [9.17, 15) is 4.79 Å². The van der Waals surface area contributed by atoms with E-state index in [0.29, 0.717) is 23.2 Å². The van der Waals surface area contributed by atoms with Crippen molar-refractivity contribution in [2.24, 2.45) is 0 Å². The average molecular weight is 293 g/mol. The number of ether oxygens (including phenoxy) is 2. The van der Waals surface area contributed by atoms with E-state index < -0.39 is 5.97 Å². The summed E-state index contributed by atoms with van der Waals surface area (Å²) in [6.07, 6.45) is 0.198. The van der Waals surface area contributed by atoms with Crippen molar-refractivity contribution in [3.63, 3.8) is 0 Å². The first kappa shape index (κ1) is 15.2. The van der Waals surface area contributed by atoms with Gasteiger partial charge in [-0.25, -0.2) is 9.78 Å². The van der Waals surface area contributed by atoms with Gasteiger partial charge in [0.2, 0.25) is 0 Å². The fourth-order valence-corrected chi connectivity index (χ4v) is 2.38. The zero-order chi connectivity index (χ0) is 13.7. The van der Waals surface area contributed by atoms with Crippen LogP contribution < -0.4 is 4.90 Å². The van der Waals surface area contributed by atoms with Crippen molar-refractivity contribution in [1.82, 2.24) is 4.98 Å². The lowest BCUT2D eigenvalue weighted by molar-refractivity contribution is 0.0606. The summed E-state index contributed by atoms with van der Waals surface area (Å²) in [6, 6.07) is 0. The zero-order valence-corrected chi connectivity index (χ0v) is 12.5. The van der Waals surface area contributed by atoms with Gasteiger partial charge in [0.25, 0.3) is 0 Å². The third-order valence-electron chi connectivity index (χ3n) is 2.15. The minimum Gasteiger partial charge on any atom is -0.465 e. The molecule has 102 valence electrons. The van der Waals surface area contributed by atoms with E-state index in [-0.39, 0.29) is 11.3 Å². The molecule has 0 saturated carbocycles. The van der Waals surface area contributed by atoms with Gasteiger partial charge >= 0.3 is 5.97 Å². The van der Waals surface area contributed by atoms with Gasteiger partial charge in [0.05, 0.1) is 19.8 Å². The van der Waals surface area contributed by atoms with Crippen molar-refractivity contribution >= 4 is 34.0 Å². The molecule has 5 nitrogen and oxygen atoms in total. The van der Waals surface area contributed by atoms with E-state index in [4.69, 9.17) is 16.3 Å². The quantitative estimate of drug-likeness (QED) is 0.754. The van der Waals surface area contributed by atoms with E-state index in [1.165, 1.54) is 18.4 Å². The third-order valence-corrected chi connectivity index (χ3v) is 3.68. The molecule has 0 fully saturated rings. The fraction of sp³-hybridized carbons (Fsp3) is 0.636. The molecule has 0 atom stereocenters. The number of esters is 1. The van der Waals surface area contributed by atoms with Crippen LogP contribution in [0.3, 0.4) is 0 Å². The van der Waals surface area contributed by atoms with Crippen molar-refractivity contribution < 1.29 is 14.3 Å². The minimum absolute atomic E-state index is 0.179. The van der Waals surface area contributed by atoms with Gasteiger partial charge in [-0.1, -0.05) is 22.9 Å². The lowest BCUT2D eigenvalue weighted by Crippen LogP contribution is -2.23. The first-order valence-electron chi connectivity index (χ1n) is 5.53. The normalized spacial score (nSPS) is 10.8. The van der Waals surface area contributed by atoms with Crippen molar-refractivity contribution in [2.45, 2.75) is 20.0 Å². The molecule has 0 bridgehead atoms. The Bertz CT molecular complexity index is 409. The Morgan fingerprint density at radius 1 is 1.56 bits per heavy atom. The van der Waals surface area contributed by atoms with Crippen LogP contribution in [-0.4, -0.2) is 44.4 Å². The molecule has 18 heavy (non-hydrogen) atoms. The van der Waals surface area contributed by atoms with Crippen LogP contribution in [0, 0.1) is 0 Å². The maximum Gasteiger partial charge on any atom is 0.351 e. The lowest BCUT2D eigenvalue weighted by atomic mass is 10.5. The summed E-state index contributed by atoms with van der Waals surface area (Å²) >= 11 is 7.10. The fourth-order valence-electron chi connectivity index (χ4n) is 1.19. The molecule has 0 aliphatic carbocycles. The first-order chi connectivity index (χ1) is 8.45. The number of likely N-dealkylation sites (N-methyl/N-ethyl adjacent to an activating group) is 1. The van der Waals surface area contributed by atoms with E-state index in [1.807, 2.05) is 25.8 Å². The predicted octanol–water partition coefficient (Wildman–Crippen LogP) is 2.44. The second-order valence-electron chi connectivity index (χ2n) is 3.95. The van der Waals surface area contributed by atoms with Crippen LogP contribution in [0.5, 0.6) is 0 Å². The summed E-state index contributed by atoms with van der Waals surface area (Å²) in [7, 11) is 3.19. The topological polar surface area (TPSA) is 51.7 Å². The second kappa shape index (κ2) is 6.92. The highest BCUT2D eigenvalue weighted by Crippen LogP contribution is 2.29. The molecule has 0 N–H and O–H groups in total. The predicted molar refractivity (Wildman–Crippen MR) is 72.8 cm³/mol. The molecule has 0 aliphatic heterocycles. The highest BCUT2D eigenvalue weighted by molar-refractivity contribution is 7.18. The van der Waals surface area contributed by atoms with Crippen molar-refractivity contribution in [1.29, 1.82) is 0 Å². The van der Waals surface area contributed by atoms with Crippen LogP contribution in [0.25, 0.3) is 0 Å². The summed E-state index contributed by atoms with van der Waals surface area (Å²) < 4.78 is 10.1. The summed E-state index contributed by atoms with van der Waals surface area (Å²) in [4.78, 5) is 17.7. The van der Waals surface area contributed by atoms with E-state index in [2.05, 4.69) is 9.72 Å². The number of hydrogen-bond donors (Lipinski definition) is 0. The molecule has 0 unspecified atom stereocenters. The lowest BCUT2D eigenvalue weighted by Gasteiger charge is -2.16. The van der Waals surface area contributed by atoms with Crippen molar-refractivity contribution in [3.05, 3.63) is 10.0 Å². The van der Waals surface area contributed by atoms with Gasteiger partial charge in [-0.05, 0) is 13.8 Å². The molecule has 1 rings (SSSR count). The number of carbonyl (C=O) groups excluding carboxylic acids is 1. The monoisotopic (exact) mass is 292 g/mol. The van der Waals surface area contributed by atoms with Gasteiger partial charge in [0.15, 0.2) is 15.2 Å². The molecule has 1 aromatic rings. The number of thiazole rings is 1. The maximum absolute atomic E-state index is 11.4. The van der Waals surface area contributed by atoms with E-state index >= 15 is 0 Å². The number of hydrogen-bond acceptors (Lipinski definition) is 6. The Morgan fingerprint density at radius 3 is 2.78 bits per heavy atom. The molecule has 0 saturated heterocycles. The number of rotatable bonds is 6. The minimum atomic E-state index is -0.462. The Hall–Kier alpha value is -0.850. The molecule has 0 aromatic carbocycles. The standard InChI is InChI=1S/C11H17ClN2O3S/c1-7(2)17-6-5-14(3)11-13-9(12)8(18-11)10(15)16-4/h7H,5-6H2,1-4H3. The van der Waals surface area contributed by atoms with Crippen molar-refractivity contribution in [3.8, 4) is 0 Å². The summed E-state index contributed by atoms with van der Waals surface area (Å²) in [5.74, 6) is -0.462. The Balaban J connectivity index is 2.63. The zero-order valence-electron chi connectivity index (χ0n) is 10.9. The first-order valence-corrected chi connectivity index (χ1v) is 6.72. The van der Waals surface area contributed by atoms with E-state index in [0.717, 1.165) is 0 Å². The number of aromatic nitrogens is 1. The third kappa shape index (κ3) is 4.12. The Labute approximate surface area is 116 Å². The largest absolute Gasteiger partial charge is 0.465 e. The van der Waals surface area contributed by atoms with Gasteiger partial charge in [-0.3, -0.25) is 0 Å². The van der Waals surface area contributed by atoms with Gasteiger partial charge in [-0.15, -0.1) is 0 Å². The summed E-state index contributed by atoms with van der Waals surface area (Å²) in [6.45, 7) is 5.24. The summed E-state index contributed by atoms with van der Waals surface area (Å²) in [5, 5.41) is 0.853. The molecular weight excluding hydrogens is 276 g/mol. The number of anilines is 1. The van der Waals surface area contributed by atoms with Gasteiger partial charge in [0, 0.05) is 13.6 Å². The number of nitrogens with zero attached hydrogens (tertiary/aromatic N) is 2. The molecule has 0 spiro atoms.